The molecule has 2 aromatic heterocycles. The Morgan fingerprint density at radius 1 is 1.53 bits per heavy atom. The summed E-state index contributed by atoms with van der Waals surface area (Å²) < 4.78 is 4.87. The second kappa shape index (κ2) is 4.88. The summed E-state index contributed by atoms with van der Waals surface area (Å²) in [6.07, 6.45) is 1.65. The highest BCUT2D eigenvalue weighted by Crippen LogP contribution is 2.22. The van der Waals surface area contributed by atoms with Crippen LogP contribution >= 0.6 is 11.8 Å². The third-order valence-electron chi connectivity index (χ3n) is 1.92. The summed E-state index contributed by atoms with van der Waals surface area (Å²) in [5.41, 5.74) is 5.37. The minimum Gasteiger partial charge on any atom is -0.476 e. The van der Waals surface area contributed by atoms with Crippen LogP contribution in [0.3, 0.4) is 0 Å². The average Bonchev–Trinajstić information content (AvgIpc) is 2.77. The first-order valence-electron chi connectivity index (χ1n) is 4.68. The van der Waals surface area contributed by atoms with Crippen molar-refractivity contribution in [3.05, 3.63) is 35.9 Å². The average molecular weight is 251 g/mol. The molecule has 2 heterocycles. The maximum absolute atomic E-state index is 10.6. The Kier molecular flexibility index (Phi) is 3.29. The van der Waals surface area contributed by atoms with E-state index in [0.717, 1.165) is 4.90 Å². The van der Waals surface area contributed by atoms with Crippen molar-refractivity contribution < 1.29 is 14.4 Å². The van der Waals surface area contributed by atoms with Gasteiger partial charge in [-0.1, -0.05) is 5.16 Å². The molecule has 6 nitrogen and oxygen atoms in total. The van der Waals surface area contributed by atoms with Gasteiger partial charge >= 0.3 is 5.97 Å². The minimum atomic E-state index is -1.10. The van der Waals surface area contributed by atoms with Crippen molar-refractivity contribution in [3.8, 4) is 0 Å². The molecular weight excluding hydrogens is 242 g/mol. The first kappa shape index (κ1) is 11.5. The topological polar surface area (TPSA) is 102 Å². The van der Waals surface area contributed by atoms with E-state index in [1.165, 1.54) is 17.8 Å². The molecule has 0 aromatic carbocycles. The largest absolute Gasteiger partial charge is 0.476 e. The normalized spacial score (nSPS) is 10.4. The standard InChI is InChI=1S/C10H9N3O3S/c11-9-2-1-7(4-12-9)17-5-6-3-8(10(14)15)13-16-6/h1-4H,5H2,(H2,11,12)(H,14,15). The van der Waals surface area contributed by atoms with Crippen molar-refractivity contribution in [2.24, 2.45) is 0 Å². The summed E-state index contributed by atoms with van der Waals surface area (Å²) in [7, 11) is 0. The zero-order valence-electron chi connectivity index (χ0n) is 8.66. The summed E-state index contributed by atoms with van der Waals surface area (Å²) in [5.74, 6) is 0.358. The van der Waals surface area contributed by atoms with Crippen molar-refractivity contribution >= 4 is 23.5 Å². The van der Waals surface area contributed by atoms with Crippen LogP contribution in [0.5, 0.6) is 0 Å². The lowest BCUT2D eigenvalue weighted by Crippen LogP contribution is -1.94. The predicted octanol–water partition coefficient (Wildman–Crippen LogP) is 1.64. The number of nitrogen functional groups attached to an aromatic ring is 1. The van der Waals surface area contributed by atoms with Crippen LogP contribution in [0.4, 0.5) is 5.82 Å². The molecule has 7 heteroatoms. The maximum atomic E-state index is 10.6. The lowest BCUT2D eigenvalue weighted by atomic mass is 10.4. The molecule has 0 aliphatic heterocycles. The smallest absolute Gasteiger partial charge is 0.358 e. The van der Waals surface area contributed by atoms with Crippen molar-refractivity contribution in [2.75, 3.05) is 5.73 Å². The van der Waals surface area contributed by atoms with Crippen molar-refractivity contribution in [3.63, 3.8) is 0 Å². The van der Waals surface area contributed by atoms with Crippen LogP contribution in [0.15, 0.2) is 33.8 Å². The monoisotopic (exact) mass is 251 g/mol. The second-order valence-corrected chi connectivity index (χ2v) is 4.24. The Labute approximate surface area is 101 Å². The highest BCUT2D eigenvalue weighted by molar-refractivity contribution is 7.98. The molecule has 0 atom stereocenters. The van der Waals surface area contributed by atoms with Gasteiger partial charge in [-0.15, -0.1) is 11.8 Å². The van der Waals surface area contributed by atoms with Gasteiger partial charge < -0.3 is 15.4 Å². The molecule has 0 saturated heterocycles. The summed E-state index contributed by atoms with van der Waals surface area (Å²) in [6, 6.07) is 4.94. The van der Waals surface area contributed by atoms with E-state index in [0.29, 0.717) is 17.3 Å². The molecule has 0 radical (unpaired) electrons. The van der Waals surface area contributed by atoms with E-state index < -0.39 is 5.97 Å². The zero-order chi connectivity index (χ0) is 12.3. The first-order valence-corrected chi connectivity index (χ1v) is 5.67. The quantitative estimate of drug-likeness (QED) is 0.796. The maximum Gasteiger partial charge on any atom is 0.358 e. The molecule has 0 amide bonds. The van der Waals surface area contributed by atoms with E-state index in [4.69, 9.17) is 15.4 Å². The van der Waals surface area contributed by atoms with Crippen LogP contribution in [-0.2, 0) is 5.75 Å². The number of nitrogens with two attached hydrogens (primary N) is 1. The molecule has 0 aliphatic rings. The molecule has 0 fully saturated rings. The Morgan fingerprint density at radius 3 is 2.94 bits per heavy atom. The third-order valence-corrected chi connectivity index (χ3v) is 2.92. The van der Waals surface area contributed by atoms with Gasteiger partial charge in [0.05, 0.1) is 5.75 Å². The molecule has 0 bridgehead atoms. The number of anilines is 1. The number of rotatable bonds is 4. The van der Waals surface area contributed by atoms with E-state index in [1.54, 1.807) is 12.3 Å². The van der Waals surface area contributed by atoms with E-state index in [-0.39, 0.29) is 5.69 Å². The van der Waals surface area contributed by atoms with Crippen LogP contribution in [0.2, 0.25) is 0 Å². The fraction of sp³-hybridized carbons (Fsp3) is 0.100. The Hall–Kier alpha value is -2.02. The molecule has 2 rings (SSSR count). The van der Waals surface area contributed by atoms with Gasteiger partial charge in [-0.05, 0) is 12.1 Å². The fourth-order valence-electron chi connectivity index (χ4n) is 1.11. The summed E-state index contributed by atoms with van der Waals surface area (Å²) in [4.78, 5) is 15.4. The van der Waals surface area contributed by atoms with Crippen LogP contribution in [0.1, 0.15) is 16.2 Å². The van der Waals surface area contributed by atoms with Crippen LogP contribution < -0.4 is 5.73 Å². The van der Waals surface area contributed by atoms with Crippen molar-refractivity contribution in [1.29, 1.82) is 0 Å². The number of thioether (sulfide) groups is 1. The Morgan fingerprint density at radius 2 is 2.35 bits per heavy atom. The van der Waals surface area contributed by atoms with Gasteiger partial charge in [0, 0.05) is 17.2 Å². The van der Waals surface area contributed by atoms with Gasteiger partial charge in [0.25, 0.3) is 0 Å². The third kappa shape index (κ3) is 2.97. The molecule has 0 saturated carbocycles. The number of hydrogen-bond acceptors (Lipinski definition) is 6. The first-order chi connectivity index (χ1) is 8.15. The predicted molar refractivity (Wildman–Crippen MR) is 61.7 cm³/mol. The highest BCUT2D eigenvalue weighted by Gasteiger charge is 2.10. The molecule has 0 aliphatic carbocycles. The van der Waals surface area contributed by atoms with E-state index in [2.05, 4.69) is 10.1 Å². The van der Waals surface area contributed by atoms with E-state index in [9.17, 15) is 4.79 Å². The number of carboxylic acids is 1. The van der Waals surface area contributed by atoms with Crippen LogP contribution in [0, 0.1) is 0 Å². The number of carboxylic acid groups (broad SMARTS) is 1. The van der Waals surface area contributed by atoms with Crippen molar-refractivity contribution in [2.45, 2.75) is 10.6 Å². The van der Waals surface area contributed by atoms with Gasteiger partial charge in [-0.3, -0.25) is 0 Å². The molecule has 0 unspecified atom stereocenters. The van der Waals surface area contributed by atoms with Gasteiger partial charge in [0.2, 0.25) is 0 Å². The van der Waals surface area contributed by atoms with Gasteiger partial charge in [-0.2, -0.15) is 0 Å². The molecular formula is C10H9N3O3S. The molecule has 0 spiro atoms. The summed E-state index contributed by atoms with van der Waals surface area (Å²) in [5, 5.41) is 12.1. The lowest BCUT2D eigenvalue weighted by Gasteiger charge is -1.98. The number of carbonyl (C=O) groups is 1. The number of hydrogen-bond donors (Lipinski definition) is 2. The SMILES string of the molecule is Nc1ccc(SCc2cc(C(=O)O)no2)cn1. The van der Waals surface area contributed by atoms with Crippen LogP contribution in [-0.4, -0.2) is 21.2 Å². The van der Waals surface area contributed by atoms with E-state index >= 15 is 0 Å². The summed E-state index contributed by atoms with van der Waals surface area (Å²) >= 11 is 1.46. The Balaban J connectivity index is 1.97. The number of aromatic carboxylic acids is 1. The van der Waals surface area contributed by atoms with Gasteiger partial charge in [0.15, 0.2) is 5.69 Å². The van der Waals surface area contributed by atoms with Gasteiger partial charge in [-0.25, -0.2) is 9.78 Å². The molecule has 2 aromatic rings. The number of aromatic nitrogens is 2. The number of nitrogens with zero attached hydrogens (tertiary/aromatic N) is 2. The molecule has 17 heavy (non-hydrogen) atoms. The second-order valence-electron chi connectivity index (χ2n) is 3.19. The number of pyridine rings is 1. The minimum absolute atomic E-state index is 0.0870. The van der Waals surface area contributed by atoms with Gasteiger partial charge in [0.1, 0.15) is 11.6 Å². The zero-order valence-corrected chi connectivity index (χ0v) is 9.48. The summed E-state index contributed by atoms with van der Waals surface area (Å²) in [6.45, 7) is 0. The lowest BCUT2D eigenvalue weighted by molar-refractivity contribution is 0.0685. The Bertz CT molecular complexity index is 524. The molecule has 88 valence electrons. The molecule has 3 N–H and O–H groups in total. The van der Waals surface area contributed by atoms with E-state index in [1.807, 2.05) is 6.07 Å². The van der Waals surface area contributed by atoms with Crippen molar-refractivity contribution in [1.82, 2.24) is 10.1 Å². The highest BCUT2D eigenvalue weighted by atomic mass is 32.2. The fourth-order valence-corrected chi connectivity index (χ4v) is 1.85. The van der Waals surface area contributed by atoms with Crippen LogP contribution in [0.25, 0.3) is 0 Å².